The van der Waals surface area contributed by atoms with Gasteiger partial charge in [0.05, 0.1) is 0 Å². The van der Waals surface area contributed by atoms with Crippen molar-refractivity contribution in [3.63, 3.8) is 0 Å². The molecule has 1 aromatic carbocycles. The number of piperazine rings is 1. The van der Waals surface area contributed by atoms with Crippen LogP contribution < -0.4 is 9.80 Å². The summed E-state index contributed by atoms with van der Waals surface area (Å²) in [6, 6.07) is 10.2. The fourth-order valence-corrected chi connectivity index (χ4v) is 4.57. The summed E-state index contributed by atoms with van der Waals surface area (Å²) < 4.78 is 0. The number of benzene rings is 1. The van der Waals surface area contributed by atoms with Crippen molar-refractivity contribution in [2.75, 3.05) is 42.5 Å². The van der Waals surface area contributed by atoms with Gasteiger partial charge in [0, 0.05) is 57.4 Å². The Morgan fingerprint density at radius 1 is 0.967 bits per heavy atom. The highest BCUT2D eigenvalue weighted by Crippen LogP contribution is 2.31. The number of nitrogens with zero attached hydrogens (tertiary/aromatic N) is 4. The van der Waals surface area contributed by atoms with Gasteiger partial charge in [0.1, 0.15) is 5.82 Å². The van der Waals surface area contributed by atoms with Crippen molar-refractivity contribution in [1.82, 2.24) is 9.88 Å². The number of aromatic nitrogens is 1. The lowest BCUT2D eigenvalue weighted by atomic mass is 9.94. The van der Waals surface area contributed by atoms with Crippen molar-refractivity contribution in [2.24, 2.45) is 0 Å². The smallest absolute Gasteiger partial charge is 0.227 e. The number of pyridine rings is 1. The molecule has 1 aromatic heterocycles. The lowest BCUT2D eigenvalue weighted by molar-refractivity contribution is -0.133. The molecule has 2 aliphatic heterocycles. The first-order valence-corrected chi connectivity index (χ1v) is 10.9. The standard InChI is InChI=1S/C24H30N4O2/c1-18-16-19(2)20-6-5-11-28(21(20)17-18)24(30)9-8-23(29)27-14-12-26(13-15-27)22-7-3-4-10-25-22/h3-4,7,10,16-17H,5-6,8-9,11-15H2,1-2H3. The van der Waals surface area contributed by atoms with E-state index in [-0.39, 0.29) is 24.7 Å². The van der Waals surface area contributed by atoms with Crippen LogP contribution in [0.3, 0.4) is 0 Å². The Kier molecular flexibility index (Phi) is 6.02. The van der Waals surface area contributed by atoms with Crippen LogP contribution in [0.25, 0.3) is 0 Å². The summed E-state index contributed by atoms with van der Waals surface area (Å²) in [6.45, 7) is 7.82. The molecular formula is C24H30N4O2. The SMILES string of the molecule is Cc1cc(C)c2c(c1)N(C(=O)CCC(=O)N1CCN(c3ccccn3)CC1)CCC2. The molecule has 6 nitrogen and oxygen atoms in total. The summed E-state index contributed by atoms with van der Waals surface area (Å²) in [6.07, 6.45) is 4.34. The number of hydrogen-bond acceptors (Lipinski definition) is 4. The predicted molar refractivity (Wildman–Crippen MR) is 119 cm³/mol. The Labute approximate surface area is 178 Å². The van der Waals surface area contributed by atoms with Gasteiger partial charge in [-0.2, -0.15) is 0 Å². The minimum absolute atomic E-state index is 0.0569. The van der Waals surface area contributed by atoms with Gasteiger partial charge in [0.25, 0.3) is 0 Å². The average Bonchev–Trinajstić information content (AvgIpc) is 2.77. The molecule has 1 fully saturated rings. The summed E-state index contributed by atoms with van der Waals surface area (Å²) in [7, 11) is 0. The third kappa shape index (κ3) is 4.32. The Bertz CT molecular complexity index is 920. The van der Waals surface area contributed by atoms with Crippen LogP contribution in [0.5, 0.6) is 0 Å². The molecule has 4 rings (SSSR count). The van der Waals surface area contributed by atoms with Crippen molar-refractivity contribution >= 4 is 23.3 Å². The van der Waals surface area contributed by atoms with Crippen LogP contribution >= 0.6 is 0 Å². The summed E-state index contributed by atoms with van der Waals surface area (Å²) in [5, 5.41) is 0. The number of hydrogen-bond donors (Lipinski definition) is 0. The average molecular weight is 407 g/mol. The number of amides is 2. The highest BCUT2D eigenvalue weighted by Gasteiger charge is 2.26. The Hall–Kier alpha value is -2.89. The van der Waals surface area contributed by atoms with Gasteiger partial charge in [-0.05, 0) is 61.6 Å². The van der Waals surface area contributed by atoms with E-state index in [1.807, 2.05) is 28.0 Å². The normalized spacial score (nSPS) is 16.4. The molecule has 158 valence electrons. The van der Waals surface area contributed by atoms with Crippen LogP contribution in [0.2, 0.25) is 0 Å². The highest BCUT2D eigenvalue weighted by molar-refractivity contribution is 5.96. The van der Waals surface area contributed by atoms with Crippen LogP contribution in [0.1, 0.15) is 36.0 Å². The van der Waals surface area contributed by atoms with Crippen LogP contribution in [0.4, 0.5) is 11.5 Å². The monoisotopic (exact) mass is 406 g/mol. The van der Waals surface area contributed by atoms with Gasteiger partial charge in [-0.3, -0.25) is 9.59 Å². The van der Waals surface area contributed by atoms with E-state index in [1.165, 1.54) is 16.7 Å². The first-order chi connectivity index (χ1) is 14.5. The molecule has 0 N–H and O–H groups in total. The first-order valence-electron chi connectivity index (χ1n) is 10.9. The van der Waals surface area contributed by atoms with E-state index >= 15 is 0 Å². The molecule has 0 radical (unpaired) electrons. The molecule has 2 aromatic rings. The molecule has 0 unspecified atom stereocenters. The topological polar surface area (TPSA) is 56.8 Å². The molecule has 0 spiro atoms. The van der Waals surface area contributed by atoms with Crippen molar-refractivity contribution in [2.45, 2.75) is 39.5 Å². The lowest BCUT2D eigenvalue weighted by Gasteiger charge is -2.35. The van der Waals surface area contributed by atoms with Crippen molar-refractivity contribution in [1.29, 1.82) is 0 Å². The van der Waals surface area contributed by atoms with Crippen LogP contribution in [0.15, 0.2) is 36.5 Å². The zero-order chi connectivity index (χ0) is 21.1. The van der Waals surface area contributed by atoms with Crippen LogP contribution in [-0.4, -0.2) is 54.4 Å². The summed E-state index contributed by atoms with van der Waals surface area (Å²) >= 11 is 0. The number of carbonyl (C=O) groups is 2. The van der Waals surface area contributed by atoms with Crippen molar-refractivity contribution < 1.29 is 9.59 Å². The first kappa shape index (κ1) is 20.4. The van der Waals surface area contributed by atoms with E-state index in [9.17, 15) is 9.59 Å². The predicted octanol–water partition coefficient (Wildman–Crippen LogP) is 3.11. The summed E-state index contributed by atoms with van der Waals surface area (Å²) in [4.78, 5) is 36.0. The number of anilines is 2. The van der Waals surface area contributed by atoms with E-state index in [1.54, 1.807) is 6.20 Å². The Balaban J connectivity index is 1.32. The van der Waals surface area contributed by atoms with E-state index in [4.69, 9.17) is 0 Å². The van der Waals surface area contributed by atoms with E-state index < -0.39 is 0 Å². The van der Waals surface area contributed by atoms with E-state index in [0.29, 0.717) is 13.1 Å². The van der Waals surface area contributed by atoms with Gasteiger partial charge in [-0.25, -0.2) is 4.98 Å². The molecular weight excluding hydrogens is 376 g/mol. The van der Waals surface area contributed by atoms with E-state index in [0.717, 1.165) is 44.0 Å². The molecule has 2 amide bonds. The lowest BCUT2D eigenvalue weighted by Crippen LogP contribution is -2.49. The molecule has 0 atom stereocenters. The molecule has 0 aliphatic carbocycles. The van der Waals surface area contributed by atoms with Gasteiger partial charge >= 0.3 is 0 Å². The van der Waals surface area contributed by atoms with Gasteiger partial charge in [0.2, 0.25) is 11.8 Å². The summed E-state index contributed by atoms with van der Waals surface area (Å²) in [5.41, 5.74) is 4.74. The third-order valence-corrected chi connectivity index (χ3v) is 6.15. The Morgan fingerprint density at radius 3 is 2.47 bits per heavy atom. The fraction of sp³-hybridized carbons (Fsp3) is 0.458. The summed E-state index contributed by atoms with van der Waals surface area (Å²) in [5.74, 6) is 1.08. The highest BCUT2D eigenvalue weighted by atomic mass is 16.2. The van der Waals surface area contributed by atoms with E-state index in [2.05, 4.69) is 35.9 Å². The maximum absolute atomic E-state index is 12.9. The van der Waals surface area contributed by atoms with Gasteiger partial charge in [-0.1, -0.05) is 12.1 Å². The maximum atomic E-state index is 12.9. The molecule has 2 aliphatic rings. The van der Waals surface area contributed by atoms with Crippen molar-refractivity contribution in [3.8, 4) is 0 Å². The number of aryl methyl sites for hydroxylation is 2. The van der Waals surface area contributed by atoms with Gasteiger partial charge in [0.15, 0.2) is 0 Å². The minimum atomic E-state index is 0.0569. The molecule has 1 saturated heterocycles. The fourth-order valence-electron chi connectivity index (χ4n) is 4.57. The van der Waals surface area contributed by atoms with Gasteiger partial charge in [-0.15, -0.1) is 0 Å². The zero-order valence-electron chi connectivity index (χ0n) is 17.9. The third-order valence-electron chi connectivity index (χ3n) is 6.15. The zero-order valence-corrected chi connectivity index (χ0v) is 17.9. The second kappa shape index (κ2) is 8.86. The largest absolute Gasteiger partial charge is 0.353 e. The minimum Gasteiger partial charge on any atom is -0.353 e. The second-order valence-corrected chi connectivity index (χ2v) is 8.28. The number of carbonyl (C=O) groups excluding carboxylic acids is 2. The molecule has 30 heavy (non-hydrogen) atoms. The van der Waals surface area contributed by atoms with Crippen LogP contribution in [-0.2, 0) is 16.0 Å². The number of rotatable bonds is 4. The van der Waals surface area contributed by atoms with Gasteiger partial charge < -0.3 is 14.7 Å². The molecule has 6 heteroatoms. The number of fused-ring (bicyclic) bond motifs is 1. The quantitative estimate of drug-likeness (QED) is 0.783. The second-order valence-electron chi connectivity index (χ2n) is 8.28. The van der Waals surface area contributed by atoms with Crippen LogP contribution in [0, 0.1) is 13.8 Å². The Morgan fingerprint density at radius 2 is 1.73 bits per heavy atom. The molecule has 0 bridgehead atoms. The maximum Gasteiger partial charge on any atom is 0.227 e. The van der Waals surface area contributed by atoms with Crippen molar-refractivity contribution in [3.05, 3.63) is 53.2 Å². The molecule has 0 saturated carbocycles. The molecule has 3 heterocycles.